The van der Waals surface area contributed by atoms with Gasteiger partial charge in [-0.15, -0.1) is 0 Å². The van der Waals surface area contributed by atoms with Crippen molar-refractivity contribution in [3.8, 4) is 40.1 Å². The van der Waals surface area contributed by atoms with Gasteiger partial charge in [-0.1, -0.05) is 0 Å². The first-order valence-corrected chi connectivity index (χ1v) is 11.9. The average molecular weight is 580 g/mol. The molecule has 15 nitrogen and oxygen atoms in total. The third-order valence-electron chi connectivity index (χ3n) is 5.55. The van der Waals surface area contributed by atoms with E-state index in [0.29, 0.717) is 0 Å². The number of benzene rings is 2. The molecule has 5 atom stereocenters. The number of hydrogen-bond donors (Lipinski definition) is 5. The Labute approximate surface area is 241 Å². The molecule has 5 N–H and O–H groups in total. The molecule has 2 aromatic carbocycles. The van der Waals surface area contributed by atoms with Crippen molar-refractivity contribution in [1.29, 1.82) is 0 Å². The van der Waals surface area contributed by atoms with Crippen LogP contribution in [0, 0.1) is 0 Å². The largest absolute Gasteiger partial charge is 1.00 e. The number of ether oxygens (including phenoxy) is 4. The van der Waals surface area contributed by atoms with Gasteiger partial charge in [0.15, 0.2) is 29.3 Å². The minimum Gasteiger partial charge on any atom is -0.726 e. The fourth-order valence-corrected chi connectivity index (χ4v) is 4.25. The van der Waals surface area contributed by atoms with Crippen LogP contribution in [0.15, 0.2) is 39.5 Å². The van der Waals surface area contributed by atoms with Crippen LogP contribution in [0.2, 0.25) is 0 Å². The molecule has 1 aromatic heterocycles. The minimum absolute atomic E-state index is 0. The molecular formula is C22H21NaO15S. The second-order valence-corrected chi connectivity index (χ2v) is 8.99. The zero-order valence-electron chi connectivity index (χ0n) is 20.5. The quantitative estimate of drug-likeness (QED) is 0.104. The van der Waals surface area contributed by atoms with Crippen molar-refractivity contribution in [3.05, 3.63) is 40.6 Å². The number of aliphatic hydroxyl groups excluding tert-OH is 3. The van der Waals surface area contributed by atoms with E-state index in [9.17, 15) is 43.3 Å². The summed E-state index contributed by atoms with van der Waals surface area (Å²) in [6.07, 6.45) is -10.4. The van der Waals surface area contributed by atoms with Gasteiger partial charge in [-0.25, -0.2) is 8.42 Å². The van der Waals surface area contributed by atoms with Crippen LogP contribution in [0.5, 0.6) is 28.7 Å². The topological polar surface area (TPSA) is 235 Å². The zero-order valence-corrected chi connectivity index (χ0v) is 23.3. The molecule has 4 rings (SSSR count). The molecule has 1 aliphatic rings. The van der Waals surface area contributed by atoms with Crippen LogP contribution in [0.4, 0.5) is 0 Å². The van der Waals surface area contributed by atoms with E-state index in [1.165, 1.54) is 26.4 Å². The summed E-state index contributed by atoms with van der Waals surface area (Å²) in [5.74, 6) is -1.30. The molecule has 0 saturated carbocycles. The number of phenols is 2. The molecule has 0 bridgehead atoms. The Bertz CT molecular complexity index is 1500. The maximum absolute atomic E-state index is 12.8. The fourth-order valence-electron chi connectivity index (χ4n) is 3.78. The van der Waals surface area contributed by atoms with Gasteiger partial charge in [0.25, 0.3) is 0 Å². The summed E-state index contributed by atoms with van der Waals surface area (Å²) < 4.78 is 63.8. The molecule has 206 valence electrons. The minimum atomic E-state index is -5.43. The maximum atomic E-state index is 12.8. The van der Waals surface area contributed by atoms with Crippen molar-refractivity contribution < 1.29 is 95.6 Å². The van der Waals surface area contributed by atoms with Crippen molar-refractivity contribution in [2.45, 2.75) is 30.9 Å². The average Bonchev–Trinajstić information content (AvgIpc) is 2.84. The predicted molar refractivity (Wildman–Crippen MR) is 122 cm³/mol. The Morgan fingerprint density at radius 3 is 2.13 bits per heavy atom. The van der Waals surface area contributed by atoms with Crippen LogP contribution < -0.4 is 49.2 Å². The van der Waals surface area contributed by atoms with Gasteiger partial charge in [0.1, 0.15) is 40.4 Å². The van der Waals surface area contributed by atoms with Crippen LogP contribution in [-0.2, 0) is 19.3 Å². The second kappa shape index (κ2) is 11.8. The molecule has 3 aromatic rings. The molecule has 0 aliphatic carbocycles. The van der Waals surface area contributed by atoms with E-state index in [1.807, 2.05) is 0 Å². The number of aliphatic hydroxyl groups is 3. The first-order chi connectivity index (χ1) is 17.8. The maximum Gasteiger partial charge on any atom is 1.00 e. The van der Waals surface area contributed by atoms with E-state index < -0.39 is 52.5 Å². The Morgan fingerprint density at radius 2 is 1.56 bits per heavy atom. The number of fused-ring (bicyclic) bond motifs is 1. The van der Waals surface area contributed by atoms with E-state index in [-0.39, 0.29) is 74.8 Å². The molecule has 1 fully saturated rings. The third-order valence-corrected chi connectivity index (χ3v) is 6.01. The van der Waals surface area contributed by atoms with Crippen LogP contribution in [0.25, 0.3) is 22.3 Å². The van der Waals surface area contributed by atoms with Gasteiger partial charge in [-0.2, -0.15) is 0 Å². The van der Waals surface area contributed by atoms with Crippen LogP contribution in [0.3, 0.4) is 0 Å². The third kappa shape index (κ3) is 6.41. The summed E-state index contributed by atoms with van der Waals surface area (Å²) in [7, 11) is -2.84. The normalized spacial score (nSPS) is 23.2. The number of aromatic hydroxyl groups is 2. The Kier molecular flexibility index (Phi) is 9.39. The first kappa shape index (κ1) is 30.9. The Balaban J connectivity index is 0.00000420. The SMILES string of the molecule is COc1cc(-c2cc(=O)c3c(O)cc(OC4OC(O)C(O)C(O)C4OS(=O)(=O)[O-])cc3o2)cc(OC)c1O.[Na+]. The van der Waals surface area contributed by atoms with Crippen molar-refractivity contribution in [2.24, 2.45) is 0 Å². The fraction of sp³-hybridized carbons (Fsp3) is 0.318. The molecule has 2 heterocycles. The van der Waals surface area contributed by atoms with E-state index in [0.717, 1.165) is 18.2 Å². The summed E-state index contributed by atoms with van der Waals surface area (Å²) in [6, 6.07) is 5.79. The summed E-state index contributed by atoms with van der Waals surface area (Å²) in [6.45, 7) is 0. The van der Waals surface area contributed by atoms with E-state index in [4.69, 9.17) is 23.4 Å². The van der Waals surface area contributed by atoms with Crippen molar-refractivity contribution >= 4 is 21.4 Å². The van der Waals surface area contributed by atoms with E-state index in [1.54, 1.807) is 0 Å². The van der Waals surface area contributed by atoms with Crippen molar-refractivity contribution in [1.82, 2.24) is 0 Å². The van der Waals surface area contributed by atoms with Crippen molar-refractivity contribution in [2.75, 3.05) is 14.2 Å². The number of rotatable bonds is 7. The summed E-state index contributed by atoms with van der Waals surface area (Å²) in [5.41, 5.74) is -0.677. The van der Waals surface area contributed by atoms with Crippen LogP contribution >= 0.6 is 0 Å². The zero-order chi connectivity index (χ0) is 27.9. The van der Waals surface area contributed by atoms with E-state index in [2.05, 4.69) is 4.18 Å². The standard InChI is InChI=1S/C22H22O15S.Na/c1-32-14-3-8(4-15(33-2)17(14)25)12-7-11(24)16-10(23)5-9(6-13(16)35-12)34-22-20(37-38(29,30)31)18(26)19(27)21(28)36-22;/h3-7,18-23,25-28H,1-2H3,(H,29,30,31);/q;+1/p-1. The molecule has 1 saturated heterocycles. The van der Waals surface area contributed by atoms with Crippen LogP contribution in [-0.4, -0.2) is 83.6 Å². The van der Waals surface area contributed by atoms with E-state index >= 15 is 0 Å². The van der Waals surface area contributed by atoms with Gasteiger partial charge in [0.2, 0.25) is 22.4 Å². The van der Waals surface area contributed by atoms with Gasteiger partial charge < -0.3 is 53.4 Å². The molecule has 17 heteroatoms. The summed E-state index contributed by atoms with van der Waals surface area (Å²) in [4.78, 5) is 12.8. The molecule has 0 amide bonds. The molecule has 0 spiro atoms. The Hall–Kier alpha value is -2.64. The molecule has 39 heavy (non-hydrogen) atoms. The van der Waals surface area contributed by atoms with Gasteiger partial charge >= 0.3 is 29.6 Å². The van der Waals surface area contributed by atoms with Gasteiger partial charge in [0, 0.05) is 23.8 Å². The molecule has 5 unspecified atom stereocenters. The number of methoxy groups -OCH3 is 2. The van der Waals surface area contributed by atoms with Gasteiger partial charge in [0.05, 0.1) is 14.2 Å². The number of phenolic OH excluding ortho intramolecular Hbond substituents is 2. The Morgan fingerprint density at radius 1 is 0.949 bits per heavy atom. The monoisotopic (exact) mass is 580 g/mol. The predicted octanol–water partition coefficient (Wildman–Crippen LogP) is -3.49. The smallest absolute Gasteiger partial charge is 0.726 e. The summed E-state index contributed by atoms with van der Waals surface area (Å²) >= 11 is 0. The summed E-state index contributed by atoms with van der Waals surface area (Å²) in [5, 5.41) is 50.0. The molecule has 1 aliphatic heterocycles. The first-order valence-electron chi connectivity index (χ1n) is 10.6. The molecular weight excluding hydrogens is 559 g/mol. The second-order valence-electron chi connectivity index (χ2n) is 7.98. The number of hydrogen-bond acceptors (Lipinski definition) is 15. The van der Waals surface area contributed by atoms with Gasteiger partial charge in [-0.3, -0.25) is 8.98 Å². The van der Waals surface area contributed by atoms with Crippen molar-refractivity contribution in [3.63, 3.8) is 0 Å². The van der Waals surface area contributed by atoms with Gasteiger partial charge in [-0.05, 0) is 12.1 Å². The molecule has 0 radical (unpaired) electrons. The van der Waals surface area contributed by atoms with Crippen LogP contribution in [0.1, 0.15) is 0 Å².